The second-order valence-electron chi connectivity index (χ2n) is 5.60. The van der Waals surface area contributed by atoms with E-state index in [0.29, 0.717) is 29.0 Å². The number of carbonyl (C=O) groups excluding carboxylic acids is 2. The summed E-state index contributed by atoms with van der Waals surface area (Å²) >= 11 is 1.26. The Kier molecular flexibility index (Phi) is 4.97. The van der Waals surface area contributed by atoms with Gasteiger partial charge in [-0.2, -0.15) is 0 Å². The predicted molar refractivity (Wildman–Crippen MR) is 92.6 cm³/mol. The van der Waals surface area contributed by atoms with Crippen LogP contribution in [0.1, 0.15) is 57.0 Å². The molecule has 0 saturated carbocycles. The minimum Gasteiger partial charge on any atom is -0.462 e. The van der Waals surface area contributed by atoms with Crippen molar-refractivity contribution in [1.29, 1.82) is 0 Å². The van der Waals surface area contributed by atoms with Crippen molar-refractivity contribution in [3.05, 3.63) is 51.9 Å². The van der Waals surface area contributed by atoms with Gasteiger partial charge < -0.3 is 15.2 Å². The van der Waals surface area contributed by atoms with Crippen LogP contribution in [-0.4, -0.2) is 23.6 Å². The van der Waals surface area contributed by atoms with E-state index in [0.717, 1.165) is 16.9 Å². The Morgan fingerprint density at radius 2 is 2.08 bits per heavy atom. The molecule has 0 unspecified atom stereocenters. The Hall–Kier alpha value is -2.18. The Labute approximate surface area is 144 Å². The second kappa shape index (κ2) is 7.15. The second-order valence-corrected chi connectivity index (χ2v) is 6.65. The molecule has 24 heavy (non-hydrogen) atoms. The number of nitrogens with one attached hydrogen (secondary N) is 1. The van der Waals surface area contributed by atoms with Gasteiger partial charge in [0, 0.05) is 10.4 Å². The summed E-state index contributed by atoms with van der Waals surface area (Å²) in [7, 11) is 0. The van der Waals surface area contributed by atoms with Crippen LogP contribution >= 0.6 is 11.3 Å². The van der Waals surface area contributed by atoms with E-state index in [4.69, 9.17) is 4.74 Å². The maximum absolute atomic E-state index is 12.4. The number of thiophene rings is 1. The van der Waals surface area contributed by atoms with E-state index in [9.17, 15) is 14.7 Å². The van der Waals surface area contributed by atoms with Crippen LogP contribution in [0, 0.1) is 0 Å². The Bertz CT molecular complexity index is 754. The molecule has 0 radical (unpaired) electrons. The smallest absolute Gasteiger partial charge is 0.341 e. The van der Waals surface area contributed by atoms with Crippen LogP contribution in [0.15, 0.2) is 30.3 Å². The molecule has 1 aliphatic carbocycles. The molecule has 1 heterocycles. The maximum atomic E-state index is 12.4. The summed E-state index contributed by atoms with van der Waals surface area (Å²) in [5, 5.41) is 13.5. The van der Waals surface area contributed by atoms with Crippen LogP contribution in [0.3, 0.4) is 0 Å². The number of hydrogen-bond acceptors (Lipinski definition) is 5. The van der Waals surface area contributed by atoms with E-state index in [1.54, 1.807) is 31.2 Å². The summed E-state index contributed by atoms with van der Waals surface area (Å²) < 4.78 is 5.15. The normalized spacial score (nSPS) is 16.3. The molecule has 3 rings (SSSR count). The third-order valence-corrected chi connectivity index (χ3v) is 5.24. The number of benzene rings is 1. The Balaban J connectivity index is 1.97. The van der Waals surface area contributed by atoms with E-state index in [2.05, 4.69) is 5.32 Å². The number of amides is 1. The molecule has 126 valence electrons. The number of aliphatic hydroxyl groups is 1. The fraction of sp³-hybridized carbons (Fsp3) is 0.333. The quantitative estimate of drug-likeness (QED) is 0.831. The molecule has 0 saturated heterocycles. The molecule has 0 aliphatic heterocycles. The van der Waals surface area contributed by atoms with E-state index in [1.807, 2.05) is 6.07 Å². The number of anilines is 1. The number of ether oxygens (including phenoxy) is 1. The summed E-state index contributed by atoms with van der Waals surface area (Å²) in [6.45, 7) is 2.01. The van der Waals surface area contributed by atoms with Crippen molar-refractivity contribution >= 4 is 28.2 Å². The van der Waals surface area contributed by atoms with Gasteiger partial charge in [-0.1, -0.05) is 18.2 Å². The topological polar surface area (TPSA) is 75.6 Å². The number of fused-ring (bicyclic) bond motifs is 1. The van der Waals surface area contributed by atoms with Crippen molar-refractivity contribution in [2.45, 2.75) is 32.3 Å². The van der Waals surface area contributed by atoms with Crippen molar-refractivity contribution in [2.75, 3.05) is 11.9 Å². The molecule has 1 aromatic carbocycles. The first-order valence-electron chi connectivity index (χ1n) is 7.99. The molecule has 5 nitrogen and oxygen atoms in total. The third kappa shape index (κ3) is 3.20. The van der Waals surface area contributed by atoms with Crippen molar-refractivity contribution in [2.24, 2.45) is 0 Å². The fourth-order valence-corrected chi connectivity index (χ4v) is 4.13. The molecule has 1 atom stereocenters. The van der Waals surface area contributed by atoms with Crippen molar-refractivity contribution in [3.8, 4) is 0 Å². The molecule has 1 aromatic heterocycles. The van der Waals surface area contributed by atoms with Gasteiger partial charge in [0.2, 0.25) is 0 Å². The first-order chi connectivity index (χ1) is 11.6. The van der Waals surface area contributed by atoms with Crippen LogP contribution in [0.25, 0.3) is 0 Å². The lowest BCUT2D eigenvalue weighted by atomic mass is 9.93. The highest BCUT2D eigenvalue weighted by molar-refractivity contribution is 7.17. The van der Waals surface area contributed by atoms with Crippen molar-refractivity contribution in [3.63, 3.8) is 0 Å². The molecule has 0 fully saturated rings. The lowest BCUT2D eigenvalue weighted by Gasteiger charge is -2.17. The summed E-state index contributed by atoms with van der Waals surface area (Å²) in [4.78, 5) is 25.6. The lowest BCUT2D eigenvalue weighted by molar-refractivity contribution is 0.0526. The van der Waals surface area contributed by atoms with Gasteiger partial charge >= 0.3 is 5.97 Å². The average Bonchev–Trinajstić information content (AvgIpc) is 2.95. The molecular weight excluding hydrogens is 326 g/mol. The Morgan fingerprint density at radius 1 is 1.33 bits per heavy atom. The molecule has 2 aromatic rings. The third-order valence-electron chi connectivity index (χ3n) is 3.99. The minimum absolute atomic E-state index is 0.262. The van der Waals surface area contributed by atoms with Crippen LogP contribution in [0.5, 0.6) is 0 Å². The van der Waals surface area contributed by atoms with Crippen LogP contribution in [0.2, 0.25) is 0 Å². The largest absolute Gasteiger partial charge is 0.462 e. The van der Waals surface area contributed by atoms with Crippen molar-refractivity contribution < 1.29 is 19.4 Å². The number of rotatable bonds is 4. The monoisotopic (exact) mass is 345 g/mol. The fourth-order valence-electron chi connectivity index (χ4n) is 2.88. The average molecular weight is 345 g/mol. The van der Waals surface area contributed by atoms with Crippen molar-refractivity contribution in [1.82, 2.24) is 0 Å². The molecule has 1 aliphatic rings. The van der Waals surface area contributed by atoms with E-state index >= 15 is 0 Å². The Morgan fingerprint density at radius 3 is 2.79 bits per heavy atom. The molecular formula is C18H19NO4S. The van der Waals surface area contributed by atoms with Gasteiger partial charge in [-0.3, -0.25) is 4.79 Å². The van der Waals surface area contributed by atoms with E-state index in [-0.39, 0.29) is 12.5 Å². The first kappa shape index (κ1) is 16.7. The van der Waals surface area contributed by atoms with Crippen LogP contribution < -0.4 is 5.32 Å². The maximum Gasteiger partial charge on any atom is 0.341 e. The van der Waals surface area contributed by atoms with Gasteiger partial charge in [-0.15, -0.1) is 11.3 Å². The lowest BCUT2D eigenvalue weighted by Crippen LogP contribution is -2.16. The van der Waals surface area contributed by atoms with E-state index < -0.39 is 12.1 Å². The summed E-state index contributed by atoms with van der Waals surface area (Å²) in [6.07, 6.45) is 1.60. The number of aliphatic hydroxyl groups excluding tert-OH is 1. The highest BCUT2D eigenvalue weighted by atomic mass is 32.1. The number of hydrogen-bond donors (Lipinski definition) is 2. The van der Waals surface area contributed by atoms with Gasteiger partial charge in [-0.25, -0.2) is 4.79 Å². The molecule has 0 bridgehead atoms. The summed E-state index contributed by atoms with van der Waals surface area (Å²) in [6, 6.07) is 8.82. The highest BCUT2D eigenvalue weighted by Crippen LogP contribution is 2.43. The van der Waals surface area contributed by atoms with Gasteiger partial charge in [0.1, 0.15) is 5.00 Å². The summed E-state index contributed by atoms with van der Waals surface area (Å²) in [5.41, 5.74) is 1.71. The van der Waals surface area contributed by atoms with Crippen LogP contribution in [0.4, 0.5) is 5.00 Å². The van der Waals surface area contributed by atoms with Crippen LogP contribution in [-0.2, 0) is 11.2 Å². The summed E-state index contributed by atoms with van der Waals surface area (Å²) in [5.74, 6) is -0.735. The first-order valence-corrected chi connectivity index (χ1v) is 8.80. The zero-order chi connectivity index (χ0) is 17.1. The standard InChI is InChI=1S/C18H19NO4S/c1-2-23-18(22)14-12-9-6-10-13(20)15(12)24-17(14)19-16(21)11-7-4-3-5-8-11/h3-5,7-8,13,20H,2,6,9-10H2,1H3,(H,19,21)/t13-/m1/s1. The minimum atomic E-state index is -0.589. The highest BCUT2D eigenvalue weighted by Gasteiger charge is 2.31. The van der Waals surface area contributed by atoms with Gasteiger partial charge in [0.05, 0.1) is 18.3 Å². The molecule has 6 heteroatoms. The molecule has 0 spiro atoms. The van der Waals surface area contributed by atoms with Gasteiger partial charge in [0.15, 0.2) is 0 Å². The van der Waals surface area contributed by atoms with Gasteiger partial charge in [0.25, 0.3) is 5.91 Å². The number of esters is 1. The molecule has 1 amide bonds. The molecule has 2 N–H and O–H groups in total. The SMILES string of the molecule is CCOC(=O)c1c(NC(=O)c2ccccc2)sc2c1CCC[C@H]2O. The number of carbonyl (C=O) groups is 2. The zero-order valence-electron chi connectivity index (χ0n) is 13.4. The predicted octanol–water partition coefficient (Wildman–Crippen LogP) is 3.55. The van der Waals surface area contributed by atoms with E-state index in [1.165, 1.54) is 11.3 Å². The van der Waals surface area contributed by atoms with Gasteiger partial charge in [-0.05, 0) is 43.9 Å². The zero-order valence-corrected chi connectivity index (χ0v) is 14.2.